The second-order valence-corrected chi connectivity index (χ2v) is 5.53. The summed E-state index contributed by atoms with van der Waals surface area (Å²) in [5.74, 6) is 0.189. The molecule has 0 spiro atoms. The molecule has 3 rings (SSSR count). The largest absolute Gasteiger partial charge is 0.411 e. The first-order valence-electron chi connectivity index (χ1n) is 7.39. The predicted molar refractivity (Wildman–Crippen MR) is 84.7 cm³/mol. The number of benzene rings is 2. The maximum absolute atomic E-state index is 9.27. The Kier molecular flexibility index (Phi) is 4.31. The molecule has 0 amide bonds. The highest BCUT2D eigenvalue weighted by atomic mass is 16.4. The molecule has 0 aromatic heterocycles. The summed E-state index contributed by atoms with van der Waals surface area (Å²) in [5.41, 5.74) is 3.45. The van der Waals surface area contributed by atoms with Crippen LogP contribution in [0.25, 0.3) is 0 Å². The van der Waals surface area contributed by atoms with Gasteiger partial charge >= 0.3 is 0 Å². The molecule has 1 N–H and O–H groups in total. The van der Waals surface area contributed by atoms with Gasteiger partial charge in [-0.15, -0.1) is 0 Å². The first kappa shape index (κ1) is 13.8. The SMILES string of the molecule is O/N=C1\CCN(Cc2ccccc2)CC1c1ccccc1. The molecule has 0 bridgehead atoms. The molecule has 0 aliphatic carbocycles. The minimum atomic E-state index is 0.189. The van der Waals surface area contributed by atoms with Gasteiger partial charge in [-0.1, -0.05) is 65.8 Å². The molecule has 108 valence electrons. The molecule has 1 aliphatic heterocycles. The number of likely N-dealkylation sites (tertiary alicyclic amines) is 1. The van der Waals surface area contributed by atoms with Gasteiger partial charge in [-0.3, -0.25) is 4.90 Å². The van der Waals surface area contributed by atoms with E-state index in [0.717, 1.165) is 31.8 Å². The lowest BCUT2D eigenvalue weighted by atomic mass is 9.88. The third-order valence-electron chi connectivity index (χ3n) is 4.11. The number of oxime groups is 1. The standard InChI is InChI=1S/C18H20N2O/c21-19-18-11-12-20(13-15-7-3-1-4-8-15)14-17(18)16-9-5-2-6-10-16/h1-10,17,21H,11-14H2/b19-18+. The zero-order valence-electron chi connectivity index (χ0n) is 12.0. The summed E-state index contributed by atoms with van der Waals surface area (Å²) in [6.07, 6.45) is 0.822. The third kappa shape index (κ3) is 3.31. The van der Waals surface area contributed by atoms with Crippen LogP contribution in [0.4, 0.5) is 0 Å². The quantitative estimate of drug-likeness (QED) is 0.690. The van der Waals surface area contributed by atoms with E-state index < -0.39 is 0 Å². The van der Waals surface area contributed by atoms with Crippen molar-refractivity contribution in [1.82, 2.24) is 4.90 Å². The van der Waals surface area contributed by atoms with Gasteiger partial charge in [-0.25, -0.2) is 0 Å². The van der Waals surface area contributed by atoms with Gasteiger partial charge in [0.05, 0.1) is 5.71 Å². The monoisotopic (exact) mass is 280 g/mol. The average molecular weight is 280 g/mol. The zero-order chi connectivity index (χ0) is 14.5. The maximum atomic E-state index is 9.27. The van der Waals surface area contributed by atoms with E-state index in [1.807, 2.05) is 24.3 Å². The van der Waals surface area contributed by atoms with Crippen molar-refractivity contribution in [2.24, 2.45) is 5.16 Å². The van der Waals surface area contributed by atoms with Crippen molar-refractivity contribution < 1.29 is 5.21 Å². The summed E-state index contributed by atoms with van der Waals surface area (Å²) < 4.78 is 0. The van der Waals surface area contributed by atoms with E-state index >= 15 is 0 Å². The fourth-order valence-corrected chi connectivity index (χ4v) is 2.99. The molecule has 0 saturated carbocycles. The highest BCUT2D eigenvalue weighted by Crippen LogP contribution is 2.25. The summed E-state index contributed by atoms with van der Waals surface area (Å²) in [7, 11) is 0. The van der Waals surface area contributed by atoms with Crippen molar-refractivity contribution in [2.45, 2.75) is 18.9 Å². The van der Waals surface area contributed by atoms with Crippen LogP contribution >= 0.6 is 0 Å². The van der Waals surface area contributed by atoms with Crippen molar-refractivity contribution in [3.63, 3.8) is 0 Å². The van der Waals surface area contributed by atoms with Gasteiger partial charge in [0.1, 0.15) is 0 Å². The highest BCUT2D eigenvalue weighted by molar-refractivity contribution is 5.91. The topological polar surface area (TPSA) is 35.8 Å². The Labute approximate surface area is 125 Å². The molecule has 0 radical (unpaired) electrons. The second-order valence-electron chi connectivity index (χ2n) is 5.53. The third-order valence-corrected chi connectivity index (χ3v) is 4.11. The predicted octanol–water partition coefficient (Wildman–Crippen LogP) is 3.51. The Morgan fingerprint density at radius 1 is 1.00 bits per heavy atom. The van der Waals surface area contributed by atoms with Crippen LogP contribution in [0.2, 0.25) is 0 Å². The van der Waals surface area contributed by atoms with E-state index in [1.165, 1.54) is 11.1 Å². The lowest BCUT2D eigenvalue weighted by Gasteiger charge is -2.33. The van der Waals surface area contributed by atoms with Crippen LogP contribution in [0.15, 0.2) is 65.8 Å². The summed E-state index contributed by atoms with van der Waals surface area (Å²) in [4.78, 5) is 2.43. The number of nitrogens with zero attached hydrogens (tertiary/aromatic N) is 2. The van der Waals surface area contributed by atoms with Gasteiger partial charge in [0.15, 0.2) is 0 Å². The molecule has 1 aliphatic rings. The summed E-state index contributed by atoms with van der Waals surface area (Å²) in [5, 5.41) is 12.8. The Balaban J connectivity index is 1.76. The van der Waals surface area contributed by atoms with Gasteiger partial charge < -0.3 is 5.21 Å². The molecule has 1 saturated heterocycles. The van der Waals surface area contributed by atoms with Crippen molar-refractivity contribution in [3.05, 3.63) is 71.8 Å². The first-order chi connectivity index (χ1) is 10.4. The van der Waals surface area contributed by atoms with Crippen LogP contribution in [-0.4, -0.2) is 28.9 Å². The van der Waals surface area contributed by atoms with Gasteiger partial charge in [0.25, 0.3) is 0 Å². The average Bonchev–Trinajstić information content (AvgIpc) is 2.56. The van der Waals surface area contributed by atoms with Crippen molar-refractivity contribution in [1.29, 1.82) is 0 Å². The molecule has 2 aromatic carbocycles. The van der Waals surface area contributed by atoms with Gasteiger partial charge in [-0.2, -0.15) is 0 Å². The van der Waals surface area contributed by atoms with Gasteiger partial charge in [0.2, 0.25) is 0 Å². The fraction of sp³-hybridized carbons (Fsp3) is 0.278. The molecule has 1 unspecified atom stereocenters. The van der Waals surface area contributed by atoms with Crippen molar-refractivity contribution in [2.75, 3.05) is 13.1 Å². The zero-order valence-corrected chi connectivity index (χ0v) is 12.0. The Morgan fingerprint density at radius 2 is 1.67 bits per heavy atom. The normalized spacial score (nSPS) is 21.5. The van der Waals surface area contributed by atoms with E-state index in [-0.39, 0.29) is 5.92 Å². The minimum Gasteiger partial charge on any atom is -0.411 e. The van der Waals surface area contributed by atoms with E-state index in [0.29, 0.717) is 0 Å². The molecule has 3 nitrogen and oxygen atoms in total. The Hall–Kier alpha value is -2.13. The Bertz CT molecular complexity index is 595. The molecule has 21 heavy (non-hydrogen) atoms. The van der Waals surface area contributed by atoms with Crippen molar-refractivity contribution in [3.8, 4) is 0 Å². The summed E-state index contributed by atoms with van der Waals surface area (Å²) in [6, 6.07) is 20.8. The number of rotatable bonds is 3. The second kappa shape index (κ2) is 6.55. The van der Waals surface area contributed by atoms with Crippen LogP contribution in [0.1, 0.15) is 23.5 Å². The Morgan fingerprint density at radius 3 is 2.33 bits per heavy atom. The van der Waals surface area contributed by atoms with Crippen molar-refractivity contribution >= 4 is 5.71 Å². The van der Waals surface area contributed by atoms with E-state index in [1.54, 1.807) is 0 Å². The smallest absolute Gasteiger partial charge is 0.0670 e. The lowest BCUT2D eigenvalue weighted by molar-refractivity contribution is 0.243. The summed E-state index contributed by atoms with van der Waals surface area (Å²) >= 11 is 0. The molecular weight excluding hydrogens is 260 g/mol. The lowest BCUT2D eigenvalue weighted by Crippen LogP contribution is -2.39. The van der Waals surface area contributed by atoms with Gasteiger partial charge in [0, 0.05) is 32.0 Å². The van der Waals surface area contributed by atoms with Crippen LogP contribution < -0.4 is 0 Å². The van der Waals surface area contributed by atoms with E-state index in [9.17, 15) is 5.21 Å². The van der Waals surface area contributed by atoms with Crippen LogP contribution in [0.3, 0.4) is 0 Å². The van der Waals surface area contributed by atoms with Gasteiger partial charge in [-0.05, 0) is 11.1 Å². The fourth-order valence-electron chi connectivity index (χ4n) is 2.99. The molecule has 1 atom stereocenters. The molecule has 3 heteroatoms. The minimum absolute atomic E-state index is 0.189. The molecule has 1 fully saturated rings. The maximum Gasteiger partial charge on any atom is 0.0670 e. The number of piperidine rings is 1. The summed E-state index contributed by atoms with van der Waals surface area (Å²) in [6.45, 7) is 2.79. The molecule has 2 aromatic rings. The van der Waals surface area contributed by atoms with Crippen LogP contribution in [0, 0.1) is 0 Å². The first-order valence-corrected chi connectivity index (χ1v) is 7.39. The molecule has 1 heterocycles. The number of hydrogen-bond acceptors (Lipinski definition) is 3. The van der Waals surface area contributed by atoms with E-state index in [4.69, 9.17) is 0 Å². The van der Waals surface area contributed by atoms with Crippen LogP contribution in [0.5, 0.6) is 0 Å². The highest BCUT2D eigenvalue weighted by Gasteiger charge is 2.27. The molecular formula is C18H20N2O. The number of hydrogen-bond donors (Lipinski definition) is 1. The van der Waals surface area contributed by atoms with E-state index in [2.05, 4.69) is 46.5 Å². The van der Waals surface area contributed by atoms with Crippen LogP contribution in [-0.2, 0) is 6.54 Å².